The zero-order valence-electron chi connectivity index (χ0n) is 12.4. The summed E-state index contributed by atoms with van der Waals surface area (Å²) in [6.45, 7) is 5.87. The predicted molar refractivity (Wildman–Crippen MR) is 96.0 cm³/mol. The van der Waals surface area contributed by atoms with Gasteiger partial charge in [-0.25, -0.2) is 0 Å². The van der Waals surface area contributed by atoms with E-state index >= 15 is 0 Å². The number of piperidine rings is 1. The van der Waals surface area contributed by atoms with Crippen LogP contribution >= 0.6 is 34.2 Å². The monoisotopic (exact) mass is 420 g/mol. The molecule has 0 spiro atoms. The van der Waals surface area contributed by atoms with E-state index in [9.17, 15) is 4.79 Å². The molecule has 1 heterocycles. The maximum Gasteiger partial charge on any atom is 0.253 e. The molecule has 0 aromatic heterocycles. The van der Waals surface area contributed by atoms with Crippen LogP contribution in [0.1, 0.15) is 36.5 Å². The van der Waals surface area contributed by atoms with Crippen LogP contribution in [0.5, 0.6) is 0 Å². The van der Waals surface area contributed by atoms with Gasteiger partial charge in [0.1, 0.15) is 0 Å². The summed E-state index contributed by atoms with van der Waals surface area (Å²) in [6, 6.07) is 5.56. The van der Waals surface area contributed by atoms with Gasteiger partial charge < -0.3 is 10.2 Å². The molecule has 0 aliphatic carbocycles. The molecule has 0 saturated carbocycles. The van der Waals surface area contributed by atoms with Crippen molar-refractivity contribution in [3.8, 4) is 0 Å². The molecule has 116 valence electrons. The lowest BCUT2D eigenvalue weighted by Gasteiger charge is -2.30. The van der Waals surface area contributed by atoms with Crippen LogP contribution < -0.4 is 5.32 Å². The summed E-state index contributed by atoms with van der Waals surface area (Å²) in [5.74, 6) is 0.661. The minimum absolute atomic E-state index is 0.0979. The number of benzene rings is 1. The maximum atomic E-state index is 12.7. The van der Waals surface area contributed by atoms with E-state index in [1.807, 2.05) is 17.0 Å². The Morgan fingerprint density at radius 2 is 2.33 bits per heavy atom. The average Bonchev–Trinajstić information content (AvgIpc) is 2.50. The average molecular weight is 421 g/mol. The molecule has 0 radical (unpaired) electrons. The summed E-state index contributed by atoms with van der Waals surface area (Å²) < 4.78 is 0.976. The van der Waals surface area contributed by atoms with E-state index in [1.165, 1.54) is 12.8 Å². The van der Waals surface area contributed by atoms with Gasteiger partial charge in [-0.15, -0.1) is 0 Å². The van der Waals surface area contributed by atoms with Crippen LogP contribution in [0.25, 0.3) is 0 Å². The highest BCUT2D eigenvalue weighted by atomic mass is 127. The van der Waals surface area contributed by atoms with Gasteiger partial charge in [0.15, 0.2) is 0 Å². The molecule has 21 heavy (non-hydrogen) atoms. The first-order valence-electron chi connectivity index (χ1n) is 7.57. The lowest BCUT2D eigenvalue weighted by Crippen LogP contribution is -2.41. The van der Waals surface area contributed by atoms with Crippen molar-refractivity contribution in [3.05, 3.63) is 32.4 Å². The van der Waals surface area contributed by atoms with Gasteiger partial charge in [0.25, 0.3) is 5.91 Å². The molecule has 3 nitrogen and oxygen atoms in total. The Morgan fingerprint density at radius 3 is 2.95 bits per heavy atom. The van der Waals surface area contributed by atoms with Gasteiger partial charge in [-0.3, -0.25) is 4.79 Å². The maximum absolute atomic E-state index is 12.7. The molecule has 1 aliphatic rings. The second kappa shape index (κ2) is 8.34. The second-order valence-electron chi connectivity index (χ2n) is 5.59. The quantitative estimate of drug-likeness (QED) is 0.735. The Bertz CT molecular complexity index is 489. The fourth-order valence-corrected chi connectivity index (χ4v) is 3.26. The first-order valence-corrected chi connectivity index (χ1v) is 9.02. The van der Waals surface area contributed by atoms with Gasteiger partial charge in [0.2, 0.25) is 0 Å². The Morgan fingerprint density at radius 1 is 1.52 bits per heavy atom. The number of carbonyl (C=O) groups is 1. The number of hydrogen-bond acceptors (Lipinski definition) is 2. The highest BCUT2D eigenvalue weighted by Crippen LogP contribution is 2.21. The molecule has 0 bridgehead atoms. The van der Waals surface area contributed by atoms with Crippen molar-refractivity contribution in [2.75, 3.05) is 26.2 Å². The Hall–Kier alpha value is -0.330. The molecule has 1 fully saturated rings. The van der Waals surface area contributed by atoms with Crippen LogP contribution in [0.15, 0.2) is 18.2 Å². The number of carbonyl (C=O) groups excluding carboxylic acids is 1. The third-order valence-corrected chi connectivity index (χ3v) is 5.40. The number of nitrogens with one attached hydrogen (secondary N) is 1. The van der Waals surface area contributed by atoms with Crippen molar-refractivity contribution in [1.82, 2.24) is 10.2 Å². The lowest BCUT2D eigenvalue weighted by molar-refractivity contribution is 0.0719. The molecule has 1 atom stereocenters. The molecular formula is C16H22ClIN2O. The fourth-order valence-electron chi connectivity index (χ4n) is 2.75. The zero-order chi connectivity index (χ0) is 15.2. The molecule has 1 unspecified atom stereocenters. The van der Waals surface area contributed by atoms with E-state index < -0.39 is 0 Å². The van der Waals surface area contributed by atoms with Gasteiger partial charge in [-0.1, -0.05) is 18.5 Å². The number of amides is 1. The summed E-state index contributed by atoms with van der Waals surface area (Å²) in [5, 5.41) is 4.07. The number of nitrogens with zero attached hydrogens (tertiary/aromatic N) is 1. The Kier molecular flexibility index (Phi) is 6.76. The van der Waals surface area contributed by atoms with Gasteiger partial charge in [0, 0.05) is 22.2 Å². The van der Waals surface area contributed by atoms with Crippen molar-refractivity contribution in [3.63, 3.8) is 0 Å². The van der Waals surface area contributed by atoms with E-state index in [-0.39, 0.29) is 5.91 Å². The van der Waals surface area contributed by atoms with Crippen molar-refractivity contribution < 1.29 is 4.79 Å². The molecule has 1 amide bonds. The van der Waals surface area contributed by atoms with Gasteiger partial charge in [0.05, 0.1) is 5.02 Å². The van der Waals surface area contributed by atoms with Crippen LogP contribution in [-0.2, 0) is 0 Å². The molecular weight excluding hydrogens is 399 g/mol. The van der Waals surface area contributed by atoms with Crippen molar-refractivity contribution >= 4 is 40.1 Å². The Labute approximate surface area is 145 Å². The largest absolute Gasteiger partial charge is 0.338 e. The van der Waals surface area contributed by atoms with E-state index in [0.717, 1.165) is 36.2 Å². The summed E-state index contributed by atoms with van der Waals surface area (Å²) >= 11 is 8.32. The van der Waals surface area contributed by atoms with E-state index in [4.69, 9.17) is 11.6 Å². The van der Waals surface area contributed by atoms with Gasteiger partial charge >= 0.3 is 0 Å². The minimum atomic E-state index is 0.0979. The van der Waals surface area contributed by atoms with Crippen LogP contribution in [0.2, 0.25) is 5.02 Å². The highest BCUT2D eigenvalue weighted by molar-refractivity contribution is 14.1. The Balaban J connectivity index is 2.08. The smallest absolute Gasteiger partial charge is 0.253 e. The second-order valence-corrected chi connectivity index (χ2v) is 7.16. The summed E-state index contributed by atoms with van der Waals surface area (Å²) in [5.41, 5.74) is 0.692. The van der Waals surface area contributed by atoms with Crippen LogP contribution in [0.3, 0.4) is 0 Å². The normalized spacial score (nSPS) is 18.5. The van der Waals surface area contributed by atoms with Gasteiger partial charge in [-0.2, -0.15) is 0 Å². The SMILES string of the molecule is CCCN(CC1CCCNC1)C(=O)c1ccc(I)c(Cl)c1. The van der Waals surface area contributed by atoms with Crippen molar-refractivity contribution in [2.45, 2.75) is 26.2 Å². The molecule has 1 aromatic carbocycles. The summed E-state index contributed by atoms with van der Waals surface area (Å²) in [6.07, 6.45) is 3.38. The minimum Gasteiger partial charge on any atom is -0.338 e. The van der Waals surface area contributed by atoms with Crippen molar-refractivity contribution in [2.24, 2.45) is 5.92 Å². The summed E-state index contributed by atoms with van der Waals surface area (Å²) in [7, 11) is 0. The topological polar surface area (TPSA) is 32.3 Å². The number of hydrogen-bond donors (Lipinski definition) is 1. The third kappa shape index (κ3) is 4.83. The van der Waals surface area contributed by atoms with E-state index in [0.29, 0.717) is 16.5 Å². The number of halogens is 2. The van der Waals surface area contributed by atoms with Gasteiger partial charge in [-0.05, 0) is 79.1 Å². The fraction of sp³-hybridized carbons (Fsp3) is 0.562. The van der Waals surface area contributed by atoms with Crippen LogP contribution in [0.4, 0.5) is 0 Å². The van der Waals surface area contributed by atoms with E-state index in [1.54, 1.807) is 6.07 Å². The predicted octanol–water partition coefficient (Wildman–Crippen LogP) is 3.80. The zero-order valence-corrected chi connectivity index (χ0v) is 15.3. The molecule has 5 heteroatoms. The van der Waals surface area contributed by atoms with Crippen LogP contribution in [-0.4, -0.2) is 37.0 Å². The third-order valence-electron chi connectivity index (χ3n) is 3.82. The lowest BCUT2D eigenvalue weighted by atomic mass is 9.98. The first kappa shape index (κ1) is 17.0. The highest BCUT2D eigenvalue weighted by Gasteiger charge is 2.21. The summed E-state index contributed by atoms with van der Waals surface area (Å²) in [4.78, 5) is 14.7. The van der Waals surface area contributed by atoms with Crippen molar-refractivity contribution in [1.29, 1.82) is 0 Å². The molecule has 1 N–H and O–H groups in total. The van der Waals surface area contributed by atoms with E-state index in [2.05, 4.69) is 34.8 Å². The van der Waals surface area contributed by atoms with Crippen LogP contribution in [0, 0.1) is 9.49 Å². The standard InChI is InChI=1S/C16H22ClIN2O/c1-2-8-20(11-12-4-3-7-19-10-12)16(21)13-5-6-15(18)14(17)9-13/h5-6,9,12,19H,2-4,7-8,10-11H2,1H3. The number of rotatable bonds is 5. The molecule has 1 aliphatic heterocycles. The molecule has 2 rings (SSSR count). The first-order chi connectivity index (χ1) is 10.1. The molecule has 1 aromatic rings. The molecule has 1 saturated heterocycles.